The number of halogens is 2. The molecule has 1 aliphatic heterocycles. The Kier molecular flexibility index (Phi) is 3.11. The summed E-state index contributed by atoms with van der Waals surface area (Å²) >= 11 is 3.07. The summed E-state index contributed by atoms with van der Waals surface area (Å²) in [6.07, 6.45) is 0.749. The van der Waals surface area contributed by atoms with E-state index in [1.807, 2.05) is 0 Å². The molecule has 0 fully saturated rings. The Balaban J connectivity index is 2.56. The van der Waals surface area contributed by atoms with Gasteiger partial charge < -0.3 is 14.6 Å². The highest BCUT2D eigenvalue weighted by molar-refractivity contribution is 9.10. The van der Waals surface area contributed by atoms with E-state index in [1.165, 1.54) is 6.07 Å². The Morgan fingerprint density at radius 1 is 1.40 bits per heavy atom. The van der Waals surface area contributed by atoms with E-state index in [2.05, 4.69) is 15.9 Å². The lowest BCUT2D eigenvalue weighted by molar-refractivity contribution is 0.257. The fourth-order valence-corrected chi connectivity index (χ4v) is 1.91. The van der Waals surface area contributed by atoms with Crippen molar-refractivity contribution in [3.63, 3.8) is 0 Å². The Morgan fingerprint density at radius 2 is 2.13 bits per heavy atom. The van der Waals surface area contributed by atoms with Crippen LogP contribution in [0.2, 0.25) is 0 Å². The van der Waals surface area contributed by atoms with Crippen LogP contribution < -0.4 is 9.47 Å². The molecule has 0 atom stereocenters. The Labute approximate surface area is 94.9 Å². The second-order valence-corrected chi connectivity index (χ2v) is 4.04. The summed E-state index contributed by atoms with van der Waals surface area (Å²) in [5.41, 5.74) is 0.140. The first-order chi connectivity index (χ1) is 7.24. The number of aliphatic hydroxyl groups excluding tert-OH is 1. The third kappa shape index (κ3) is 1.94. The molecule has 0 spiro atoms. The van der Waals surface area contributed by atoms with E-state index in [0.717, 1.165) is 6.42 Å². The smallest absolute Gasteiger partial charge is 0.169 e. The van der Waals surface area contributed by atoms with Gasteiger partial charge in [-0.05, 0) is 15.9 Å². The largest absolute Gasteiger partial charge is 0.490 e. The average molecular weight is 277 g/mol. The lowest BCUT2D eigenvalue weighted by Gasteiger charge is -2.12. The molecule has 1 aromatic carbocycles. The summed E-state index contributed by atoms with van der Waals surface area (Å²) in [5, 5.41) is 9.09. The van der Waals surface area contributed by atoms with Gasteiger partial charge in [0, 0.05) is 12.5 Å². The average Bonchev–Trinajstić information content (AvgIpc) is 2.45. The Bertz CT molecular complexity index is 381. The first-order valence-corrected chi connectivity index (χ1v) is 5.40. The first kappa shape index (κ1) is 10.7. The molecule has 5 heteroatoms. The normalized spacial score (nSPS) is 14.9. The van der Waals surface area contributed by atoms with E-state index < -0.39 is 12.4 Å². The molecule has 0 bridgehead atoms. The van der Waals surface area contributed by atoms with Crippen LogP contribution in [-0.2, 0) is 6.61 Å². The summed E-state index contributed by atoms with van der Waals surface area (Å²) in [5.74, 6) is 0.294. The van der Waals surface area contributed by atoms with Crippen LogP contribution in [0, 0.1) is 5.82 Å². The molecule has 3 nitrogen and oxygen atoms in total. The quantitative estimate of drug-likeness (QED) is 0.855. The van der Waals surface area contributed by atoms with Crippen molar-refractivity contribution in [2.24, 2.45) is 0 Å². The van der Waals surface area contributed by atoms with Gasteiger partial charge in [-0.2, -0.15) is 0 Å². The first-order valence-electron chi connectivity index (χ1n) is 4.61. The minimum Gasteiger partial charge on any atom is -0.490 e. The summed E-state index contributed by atoms with van der Waals surface area (Å²) < 4.78 is 24.6. The second kappa shape index (κ2) is 4.37. The van der Waals surface area contributed by atoms with Gasteiger partial charge in [0.25, 0.3) is 0 Å². The summed E-state index contributed by atoms with van der Waals surface area (Å²) in [7, 11) is 0. The van der Waals surface area contributed by atoms with Gasteiger partial charge >= 0.3 is 0 Å². The molecule has 1 N–H and O–H groups in total. The molecule has 0 unspecified atom stereocenters. The molecular weight excluding hydrogens is 267 g/mol. The lowest BCUT2D eigenvalue weighted by atomic mass is 10.2. The van der Waals surface area contributed by atoms with Crippen LogP contribution in [0.5, 0.6) is 11.5 Å². The van der Waals surface area contributed by atoms with Crippen molar-refractivity contribution in [2.45, 2.75) is 13.0 Å². The standard InChI is InChI=1S/C10H10BrFO3/c11-7-4-8-10(6(5-13)9(7)12)15-3-1-2-14-8/h4,13H,1-3,5H2. The lowest BCUT2D eigenvalue weighted by Crippen LogP contribution is -2.01. The molecule has 0 saturated carbocycles. The molecule has 1 aromatic rings. The van der Waals surface area contributed by atoms with Crippen molar-refractivity contribution in [3.05, 3.63) is 21.9 Å². The van der Waals surface area contributed by atoms with Crippen LogP contribution in [0.15, 0.2) is 10.5 Å². The zero-order valence-electron chi connectivity index (χ0n) is 7.93. The number of rotatable bonds is 1. The fourth-order valence-electron chi connectivity index (χ4n) is 1.46. The maximum Gasteiger partial charge on any atom is 0.169 e. The van der Waals surface area contributed by atoms with Gasteiger partial charge in [0.15, 0.2) is 11.5 Å². The topological polar surface area (TPSA) is 38.7 Å². The van der Waals surface area contributed by atoms with Crippen LogP contribution in [0.25, 0.3) is 0 Å². The number of fused-ring (bicyclic) bond motifs is 1. The van der Waals surface area contributed by atoms with Crippen LogP contribution in [-0.4, -0.2) is 18.3 Å². The number of hydrogen-bond acceptors (Lipinski definition) is 3. The van der Waals surface area contributed by atoms with Gasteiger partial charge in [-0.1, -0.05) is 0 Å². The molecule has 15 heavy (non-hydrogen) atoms. The van der Waals surface area contributed by atoms with Gasteiger partial charge in [0.1, 0.15) is 5.82 Å². The minimum absolute atomic E-state index is 0.140. The zero-order valence-corrected chi connectivity index (χ0v) is 9.51. The molecule has 2 rings (SSSR count). The van der Waals surface area contributed by atoms with E-state index in [4.69, 9.17) is 14.6 Å². The fraction of sp³-hybridized carbons (Fsp3) is 0.400. The molecule has 0 aromatic heterocycles. The van der Waals surface area contributed by atoms with E-state index in [0.29, 0.717) is 24.7 Å². The summed E-state index contributed by atoms with van der Waals surface area (Å²) in [4.78, 5) is 0. The monoisotopic (exact) mass is 276 g/mol. The van der Waals surface area contributed by atoms with E-state index in [9.17, 15) is 4.39 Å². The van der Waals surface area contributed by atoms with Crippen molar-refractivity contribution in [3.8, 4) is 11.5 Å². The SMILES string of the molecule is OCc1c(F)c(Br)cc2c1OCCCO2. The molecule has 0 aliphatic carbocycles. The van der Waals surface area contributed by atoms with Gasteiger partial charge in [0.2, 0.25) is 0 Å². The van der Waals surface area contributed by atoms with Gasteiger partial charge in [-0.15, -0.1) is 0 Å². The Morgan fingerprint density at radius 3 is 2.87 bits per heavy atom. The number of benzene rings is 1. The van der Waals surface area contributed by atoms with E-state index >= 15 is 0 Å². The predicted octanol–water partition coefficient (Wildman–Crippen LogP) is 2.24. The minimum atomic E-state index is -0.498. The van der Waals surface area contributed by atoms with Crippen LogP contribution in [0.1, 0.15) is 12.0 Å². The highest BCUT2D eigenvalue weighted by atomic mass is 79.9. The van der Waals surface area contributed by atoms with Crippen molar-refractivity contribution >= 4 is 15.9 Å². The highest BCUT2D eigenvalue weighted by Crippen LogP contribution is 2.38. The maximum absolute atomic E-state index is 13.6. The third-order valence-corrected chi connectivity index (χ3v) is 2.76. The number of ether oxygens (including phenoxy) is 2. The molecule has 1 heterocycles. The summed E-state index contributed by atoms with van der Waals surface area (Å²) in [6, 6.07) is 1.52. The highest BCUT2D eigenvalue weighted by Gasteiger charge is 2.20. The second-order valence-electron chi connectivity index (χ2n) is 3.19. The van der Waals surface area contributed by atoms with Gasteiger partial charge in [-0.3, -0.25) is 0 Å². The molecule has 0 radical (unpaired) electrons. The zero-order chi connectivity index (χ0) is 10.8. The van der Waals surface area contributed by atoms with E-state index in [1.54, 1.807) is 0 Å². The van der Waals surface area contributed by atoms with E-state index in [-0.39, 0.29) is 10.0 Å². The van der Waals surface area contributed by atoms with Crippen LogP contribution in [0.3, 0.4) is 0 Å². The van der Waals surface area contributed by atoms with Crippen LogP contribution in [0.4, 0.5) is 4.39 Å². The van der Waals surface area contributed by atoms with Gasteiger partial charge in [0.05, 0.1) is 29.9 Å². The molecular formula is C10H10BrFO3. The number of aliphatic hydroxyl groups is 1. The molecule has 0 saturated heterocycles. The maximum atomic E-state index is 13.6. The number of hydrogen-bond donors (Lipinski definition) is 1. The van der Waals surface area contributed by atoms with Crippen molar-refractivity contribution < 1.29 is 19.0 Å². The predicted molar refractivity (Wildman–Crippen MR) is 55.6 cm³/mol. The Hall–Kier alpha value is -0.810. The van der Waals surface area contributed by atoms with Gasteiger partial charge in [-0.25, -0.2) is 4.39 Å². The summed E-state index contributed by atoms with van der Waals surface area (Å²) in [6.45, 7) is 0.605. The molecule has 1 aliphatic rings. The van der Waals surface area contributed by atoms with Crippen molar-refractivity contribution in [1.82, 2.24) is 0 Å². The van der Waals surface area contributed by atoms with Crippen LogP contribution >= 0.6 is 15.9 Å². The third-order valence-electron chi connectivity index (χ3n) is 2.18. The van der Waals surface area contributed by atoms with Crippen molar-refractivity contribution in [1.29, 1.82) is 0 Å². The van der Waals surface area contributed by atoms with Crippen molar-refractivity contribution in [2.75, 3.05) is 13.2 Å². The molecule has 0 amide bonds. The molecule has 82 valence electrons.